The minimum atomic E-state index is 0.502. The SMILES string of the molecule is CN1CCCC1c1cnc(-c2ccc(Br)cc2)[nH]1. The molecule has 0 bridgehead atoms. The molecule has 0 radical (unpaired) electrons. The summed E-state index contributed by atoms with van der Waals surface area (Å²) in [7, 11) is 2.18. The molecule has 0 aliphatic carbocycles. The highest BCUT2D eigenvalue weighted by atomic mass is 79.9. The summed E-state index contributed by atoms with van der Waals surface area (Å²) in [6.45, 7) is 1.18. The molecule has 2 heterocycles. The number of likely N-dealkylation sites (tertiary alicyclic amines) is 1. The van der Waals surface area contributed by atoms with Crippen LogP contribution in [0.25, 0.3) is 11.4 Å². The fourth-order valence-corrected chi connectivity index (χ4v) is 2.83. The third-order valence-corrected chi connectivity index (χ3v) is 4.12. The molecule has 0 spiro atoms. The van der Waals surface area contributed by atoms with Crippen molar-refractivity contribution in [2.45, 2.75) is 18.9 Å². The molecule has 1 atom stereocenters. The number of rotatable bonds is 2. The van der Waals surface area contributed by atoms with Crippen LogP contribution in [-0.2, 0) is 0 Å². The van der Waals surface area contributed by atoms with Gasteiger partial charge in [-0.2, -0.15) is 0 Å². The molecule has 3 nitrogen and oxygen atoms in total. The lowest BCUT2D eigenvalue weighted by Crippen LogP contribution is -2.17. The highest BCUT2D eigenvalue weighted by Crippen LogP contribution is 2.30. The Morgan fingerprint density at radius 1 is 1.33 bits per heavy atom. The molecule has 0 saturated carbocycles. The van der Waals surface area contributed by atoms with Gasteiger partial charge in [0, 0.05) is 10.0 Å². The fourth-order valence-electron chi connectivity index (χ4n) is 2.56. The van der Waals surface area contributed by atoms with E-state index in [2.05, 4.69) is 50.0 Å². The van der Waals surface area contributed by atoms with Crippen molar-refractivity contribution < 1.29 is 0 Å². The van der Waals surface area contributed by atoms with Crippen LogP contribution in [0, 0.1) is 0 Å². The Morgan fingerprint density at radius 3 is 2.78 bits per heavy atom. The fraction of sp³-hybridized carbons (Fsp3) is 0.357. The summed E-state index contributed by atoms with van der Waals surface area (Å²) in [5, 5.41) is 0. The van der Waals surface area contributed by atoms with Crippen molar-refractivity contribution in [3.8, 4) is 11.4 Å². The van der Waals surface area contributed by atoms with Crippen molar-refractivity contribution in [1.82, 2.24) is 14.9 Å². The van der Waals surface area contributed by atoms with E-state index in [-0.39, 0.29) is 0 Å². The second-order valence-electron chi connectivity index (χ2n) is 4.83. The van der Waals surface area contributed by atoms with Gasteiger partial charge in [0.05, 0.1) is 17.9 Å². The summed E-state index contributed by atoms with van der Waals surface area (Å²) in [6, 6.07) is 8.73. The molecule has 1 fully saturated rings. The van der Waals surface area contributed by atoms with Gasteiger partial charge in [-0.05, 0) is 38.6 Å². The van der Waals surface area contributed by atoms with E-state index in [0.717, 1.165) is 15.9 Å². The van der Waals surface area contributed by atoms with Gasteiger partial charge >= 0.3 is 0 Å². The largest absolute Gasteiger partial charge is 0.341 e. The average Bonchev–Trinajstić information content (AvgIpc) is 2.98. The molecule has 94 valence electrons. The Hall–Kier alpha value is -1.13. The monoisotopic (exact) mass is 305 g/mol. The molecule has 2 aromatic rings. The van der Waals surface area contributed by atoms with E-state index in [1.165, 1.54) is 25.1 Å². The second kappa shape index (κ2) is 4.86. The molecular weight excluding hydrogens is 290 g/mol. The summed E-state index contributed by atoms with van der Waals surface area (Å²) in [5.41, 5.74) is 2.36. The highest BCUT2D eigenvalue weighted by Gasteiger charge is 2.24. The Balaban J connectivity index is 1.87. The molecule has 18 heavy (non-hydrogen) atoms. The van der Waals surface area contributed by atoms with Gasteiger partial charge < -0.3 is 4.98 Å². The number of halogens is 1. The molecule has 1 aromatic carbocycles. The third kappa shape index (κ3) is 2.22. The number of hydrogen-bond acceptors (Lipinski definition) is 2. The molecule has 4 heteroatoms. The van der Waals surface area contributed by atoms with Gasteiger partial charge in [0.25, 0.3) is 0 Å². The van der Waals surface area contributed by atoms with Crippen LogP contribution in [0.4, 0.5) is 0 Å². The zero-order chi connectivity index (χ0) is 12.5. The van der Waals surface area contributed by atoms with Gasteiger partial charge in [-0.3, -0.25) is 4.90 Å². The number of aromatic nitrogens is 2. The number of nitrogens with one attached hydrogen (secondary N) is 1. The Bertz CT molecular complexity index is 532. The van der Waals surface area contributed by atoms with E-state index >= 15 is 0 Å². The minimum Gasteiger partial charge on any atom is -0.341 e. The maximum Gasteiger partial charge on any atom is 0.137 e. The first-order valence-electron chi connectivity index (χ1n) is 6.25. The van der Waals surface area contributed by atoms with Crippen molar-refractivity contribution in [2.75, 3.05) is 13.6 Å². The molecule has 1 saturated heterocycles. The predicted molar refractivity (Wildman–Crippen MR) is 76.3 cm³/mol. The summed E-state index contributed by atoms with van der Waals surface area (Å²) >= 11 is 3.45. The zero-order valence-electron chi connectivity index (χ0n) is 10.4. The Labute approximate surface area is 115 Å². The van der Waals surface area contributed by atoms with E-state index in [1.807, 2.05) is 18.3 Å². The van der Waals surface area contributed by atoms with Crippen molar-refractivity contribution in [2.24, 2.45) is 0 Å². The standard InChI is InChI=1S/C14H16BrN3/c1-18-8-2-3-13(18)12-9-16-14(17-12)10-4-6-11(15)7-5-10/h4-7,9,13H,2-3,8H2,1H3,(H,16,17). The topological polar surface area (TPSA) is 31.9 Å². The van der Waals surface area contributed by atoms with Gasteiger partial charge in [-0.25, -0.2) is 4.98 Å². The molecular formula is C14H16BrN3. The van der Waals surface area contributed by atoms with Crippen molar-refractivity contribution >= 4 is 15.9 Å². The number of H-pyrrole nitrogens is 1. The van der Waals surface area contributed by atoms with E-state index in [9.17, 15) is 0 Å². The first-order valence-corrected chi connectivity index (χ1v) is 7.04. The zero-order valence-corrected chi connectivity index (χ0v) is 11.9. The highest BCUT2D eigenvalue weighted by molar-refractivity contribution is 9.10. The van der Waals surface area contributed by atoms with Gasteiger partial charge in [0.15, 0.2) is 0 Å². The van der Waals surface area contributed by atoms with Crippen LogP contribution < -0.4 is 0 Å². The average molecular weight is 306 g/mol. The molecule has 1 unspecified atom stereocenters. The van der Waals surface area contributed by atoms with Crippen LogP contribution in [0.15, 0.2) is 34.9 Å². The first kappa shape index (κ1) is 11.9. The number of imidazole rings is 1. The van der Waals surface area contributed by atoms with Crippen LogP contribution in [0.2, 0.25) is 0 Å². The van der Waals surface area contributed by atoms with Crippen LogP contribution >= 0.6 is 15.9 Å². The minimum absolute atomic E-state index is 0.502. The maximum absolute atomic E-state index is 4.50. The van der Waals surface area contributed by atoms with E-state index in [1.54, 1.807) is 0 Å². The normalized spacial score (nSPS) is 20.4. The van der Waals surface area contributed by atoms with Gasteiger partial charge in [0.1, 0.15) is 5.82 Å². The summed E-state index contributed by atoms with van der Waals surface area (Å²) in [5.74, 6) is 0.956. The predicted octanol–water partition coefficient (Wildman–Crippen LogP) is 3.61. The summed E-state index contributed by atoms with van der Waals surface area (Å²) < 4.78 is 1.09. The van der Waals surface area contributed by atoms with Crippen LogP contribution in [-0.4, -0.2) is 28.5 Å². The quantitative estimate of drug-likeness (QED) is 0.919. The lowest BCUT2D eigenvalue weighted by Gasteiger charge is -2.17. The van der Waals surface area contributed by atoms with E-state index < -0.39 is 0 Å². The lowest BCUT2D eigenvalue weighted by molar-refractivity contribution is 0.312. The van der Waals surface area contributed by atoms with Crippen molar-refractivity contribution in [3.63, 3.8) is 0 Å². The first-order chi connectivity index (χ1) is 8.74. The molecule has 1 aliphatic rings. The maximum atomic E-state index is 4.50. The van der Waals surface area contributed by atoms with E-state index in [4.69, 9.17) is 0 Å². The molecule has 3 rings (SSSR count). The van der Waals surface area contributed by atoms with E-state index in [0.29, 0.717) is 6.04 Å². The molecule has 1 aromatic heterocycles. The van der Waals surface area contributed by atoms with Crippen LogP contribution in [0.5, 0.6) is 0 Å². The Morgan fingerprint density at radius 2 is 2.11 bits per heavy atom. The third-order valence-electron chi connectivity index (χ3n) is 3.59. The van der Waals surface area contributed by atoms with Crippen molar-refractivity contribution in [1.29, 1.82) is 0 Å². The molecule has 0 amide bonds. The summed E-state index contributed by atoms with van der Waals surface area (Å²) in [6.07, 6.45) is 4.47. The molecule has 1 N–H and O–H groups in total. The Kier molecular flexibility index (Phi) is 3.22. The van der Waals surface area contributed by atoms with Gasteiger partial charge in [0.2, 0.25) is 0 Å². The van der Waals surface area contributed by atoms with Gasteiger partial charge in [-0.15, -0.1) is 0 Å². The summed E-state index contributed by atoms with van der Waals surface area (Å²) in [4.78, 5) is 10.3. The number of benzene rings is 1. The number of aromatic amines is 1. The van der Waals surface area contributed by atoms with Crippen LogP contribution in [0.1, 0.15) is 24.6 Å². The second-order valence-corrected chi connectivity index (χ2v) is 5.75. The van der Waals surface area contributed by atoms with Gasteiger partial charge in [-0.1, -0.05) is 28.1 Å². The number of nitrogens with zero attached hydrogens (tertiary/aromatic N) is 2. The van der Waals surface area contributed by atoms with Crippen molar-refractivity contribution in [3.05, 3.63) is 40.6 Å². The smallest absolute Gasteiger partial charge is 0.137 e. The number of hydrogen-bond donors (Lipinski definition) is 1. The lowest BCUT2D eigenvalue weighted by atomic mass is 10.2. The molecule has 1 aliphatic heterocycles. The van der Waals surface area contributed by atoms with Crippen LogP contribution in [0.3, 0.4) is 0 Å².